The first kappa shape index (κ1) is 29.7. The summed E-state index contributed by atoms with van der Waals surface area (Å²) in [7, 11) is 0. The summed E-state index contributed by atoms with van der Waals surface area (Å²) in [6, 6.07) is 0. The highest BCUT2D eigenvalue weighted by atomic mass is 16.6. The fraction of sp³-hybridized carbons (Fsp3) is 0.645. The molecule has 10 nitrogen and oxygen atoms in total. The molecule has 224 valence electrons. The topological polar surface area (TPSA) is 130 Å². The highest BCUT2D eigenvalue weighted by molar-refractivity contribution is 5.83. The second kappa shape index (κ2) is 11.1. The zero-order chi connectivity index (χ0) is 29.6. The van der Waals surface area contributed by atoms with Gasteiger partial charge in [-0.25, -0.2) is 9.59 Å². The van der Waals surface area contributed by atoms with Crippen molar-refractivity contribution in [3.05, 3.63) is 47.6 Å². The number of hydrogen-bond donors (Lipinski definition) is 1. The molecule has 3 aliphatic heterocycles. The van der Waals surface area contributed by atoms with Crippen LogP contribution in [-0.4, -0.2) is 85.1 Å². The Balaban J connectivity index is 1.55. The maximum absolute atomic E-state index is 13.1. The van der Waals surface area contributed by atoms with Crippen LogP contribution in [0, 0.1) is 10.8 Å². The molecule has 5 aliphatic rings. The van der Waals surface area contributed by atoms with Gasteiger partial charge in [0.05, 0.1) is 42.4 Å². The van der Waals surface area contributed by atoms with Crippen molar-refractivity contribution >= 4 is 17.9 Å². The molecule has 0 radical (unpaired) electrons. The Morgan fingerprint density at radius 1 is 1.15 bits per heavy atom. The molecule has 2 aliphatic carbocycles. The number of carbonyl (C=O) groups excluding carboxylic acids is 3. The molecule has 9 atom stereocenters. The summed E-state index contributed by atoms with van der Waals surface area (Å²) >= 11 is 0. The summed E-state index contributed by atoms with van der Waals surface area (Å²) in [5, 5.41) is 10.1. The van der Waals surface area contributed by atoms with Crippen LogP contribution in [-0.2, 0) is 42.8 Å². The fourth-order valence-corrected chi connectivity index (χ4v) is 7.17. The predicted molar refractivity (Wildman–Crippen MR) is 145 cm³/mol. The molecule has 2 spiro atoms. The van der Waals surface area contributed by atoms with Crippen molar-refractivity contribution in [2.45, 2.75) is 96.1 Å². The van der Waals surface area contributed by atoms with Crippen LogP contribution in [0.1, 0.15) is 53.9 Å². The molecule has 0 aromatic carbocycles. The van der Waals surface area contributed by atoms with Gasteiger partial charge in [0.15, 0.2) is 0 Å². The number of carbonyl (C=O) groups is 3. The van der Waals surface area contributed by atoms with Gasteiger partial charge in [0.1, 0.15) is 30.5 Å². The van der Waals surface area contributed by atoms with Gasteiger partial charge in [-0.3, -0.25) is 4.79 Å². The van der Waals surface area contributed by atoms with Gasteiger partial charge in [-0.15, -0.1) is 0 Å². The van der Waals surface area contributed by atoms with E-state index in [1.807, 2.05) is 26.8 Å². The van der Waals surface area contributed by atoms with Crippen LogP contribution >= 0.6 is 0 Å². The molecule has 5 rings (SSSR count). The highest BCUT2D eigenvalue weighted by Crippen LogP contribution is 2.72. The van der Waals surface area contributed by atoms with E-state index in [2.05, 4.69) is 0 Å². The summed E-state index contributed by atoms with van der Waals surface area (Å²) in [5.74, 6) is -1.48. The summed E-state index contributed by atoms with van der Waals surface area (Å²) in [4.78, 5) is 38.2. The molecule has 3 heterocycles. The number of epoxide rings is 1. The highest BCUT2D eigenvalue weighted by Gasteiger charge is 2.83. The molecular weight excluding hydrogens is 532 g/mol. The average Bonchev–Trinajstić information content (AvgIpc) is 3.67. The molecule has 0 aromatic heterocycles. The lowest BCUT2D eigenvalue weighted by atomic mass is 9.51. The van der Waals surface area contributed by atoms with Crippen LogP contribution in [0.2, 0.25) is 0 Å². The van der Waals surface area contributed by atoms with E-state index in [9.17, 15) is 19.5 Å². The Hall–Kier alpha value is -2.79. The second-order valence-electron chi connectivity index (χ2n) is 12.1. The minimum atomic E-state index is -0.916. The number of cyclic esters (lactones) is 1. The first-order valence-corrected chi connectivity index (χ1v) is 14.3. The van der Waals surface area contributed by atoms with E-state index < -0.39 is 64.9 Å². The van der Waals surface area contributed by atoms with E-state index in [1.54, 1.807) is 25.2 Å². The van der Waals surface area contributed by atoms with Crippen LogP contribution in [0.4, 0.5) is 0 Å². The zero-order valence-corrected chi connectivity index (χ0v) is 24.3. The Morgan fingerprint density at radius 3 is 2.59 bits per heavy atom. The van der Waals surface area contributed by atoms with Gasteiger partial charge in [0.2, 0.25) is 0 Å². The van der Waals surface area contributed by atoms with Gasteiger partial charge in [-0.1, -0.05) is 36.8 Å². The number of ether oxygens (including phenoxy) is 6. The maximum atomic E-state index is 13.1. The van der Waals surface area contributed by atoms with E-state index in [1.165, 1.54) is 19.1 Å². The smallest absolute Gasteiger partial charge is 0.331 e. The number of esters is 3. The fourth-order valence-electron chi connectivity index (χ4n) is 7.17. The summed E-state index contributed by atoms with van der Waals surface area (Å²) in [6.07, 6.45) is 7.43. The lowest BCUT2D eigenvalue weighted by molar-refractivity contribution is -0.239. The van der Waals surface area contributed by atoms with Gasteiger partial charge in [0.25, 0.3) is 0 Å². The molecule has 2 bridgehead atoms. The number of aliphatic hydroxyl groups excluding tert-OH is 1. The van der Waals surface area contributed by atoms with E-state index in [4.69, 9.17) is 28.4 Å². The maximum Gasteiger partial charge on any atom is 0.331 e. The third-order valence-corrected chi connectivity index (χ3v) is 9.62. The van der Waals surface area contributed by atoms with Crippen molar-refractivity contribution in [1.29, 1.82) is 0 Å². The molecule has 1 saturated carbocycles. The molecule has 3 fully saturated rings. The Kier molecular flexibility index (Phi) is 8.06. The van der Waals surface area contributed by atoms with Gasteiger partial charge in [0, 0.05) is 31.9 Å². The monoisotopic (exact) mass is 572 g/mol. The molecule has 41 heavy (non-hydrogen) atoms. The number of allylic oxidation sites excluding steroid dienone is 2. The molecule has 0 amide bonds. The lowest BCUT2D eigenvalue weighted by Gasteiger charge is -2.59. The molecule has 1 N–H and O–H groups in total. The Bertz CT molecular complexity index is 1190. The quantitative estimate of drug-likeness (QED) is 0.228. The molecule has 2 saturated heterocycles. The largest absolute Gasteiger partial charge is 0.462 e. The Morgan fingerprint density at radius 2 is 1.90 bits per heavy atom. The van der Waals surface area contributed by atoms with Crippen LogP contribution in [0.25, 0.3) is 0 Å². The molecular formula is C31H40O10. The van der Waals surface area contributed by atoms with E-state index in [-0.39, 0.29) is 19.3 Å². The molecule has 10 heteroatoms. The van der Waals surface area contributed by atoms with Crippen molar-refractivity contribution in [3.63, 3.8) is 0 Å². The van der Waals surface area contributed by atoms with Crippen molar-refractivity contribution in [3.8, 4) is 0 Å². The van der Waals surface area contributed by atoms with Crippen LogP contribution in [0.5, 0.6) is 0 Å². The van der Waals surface area contributed by atoms with Gasteiger partial charge < -0.3 is 33.5 Å². The van der Waals surface area contributed by atoms with Crippen LogP contribution < -0.4 is 0 Å². The SMILES string of the molecule is CC(=O)O[C@H]1C[C@@]23COC(=O)/C=C(\C)CCO[C@@H]([C@@H](C)O)/C=C/C=C\C(=O)O[C@@H]4C[C@@H](O[C@@H]2C=C1C)[C@@]1(CO1)[C@]43C. The summed E-state index contributed by atoms with van der Waals surface area (Å²) < 4.78 is 36.3. The zero-order valence-electron chi connectivity index (χ0n) is 24.3. The third-order valence-electron chi connectivity index (χ3n) is 9.62. The number of hydrogen-bond acceptors (Lipinski definition) is 10. The lowest BCUT2D eigenvalue weighted by Crippen LogP contribution is -2.68. The van der Waals surface area contributed by atoms with Crippen molar-refractivity contribution < 1.29 is 47.9 Å². The van der Waals surface area contributed by atoms with Crippen LogP contribution in [0.15, 0.2) is 47.6 Å². The van der Waals surface area contributed by atoms with Crippen molar-refractivity contribution in [2.75, 3.05) is 19.8 Å². The first-order chi connectivity index (χ1) is 19.4. The Labute approximate surface area is 240 Å². The third kappa shape index (κ3) is 5.20. The van der Waals surface area contributed by atoms with E-state index in [0.717, 1.165) is 11.1 Å². The second-order valence-corrected chi connectivity index (χ2v) is 12.1. The minimum Gasteiger partial charge on any atom is -0.462 e. The first-order valence-electron chi connectivity index (χ1n) is 14.3. The van der Waals surface area contributed by atoms with Gasteiger partial charge in [-0.2, -0.15) is 0 Å². The summed E-state index contributed by atoms with van der Waals surface area (Å²) in [5.41, 5.74) is -0.846. The minimum absolute atomic E-state index is 0.0522. The van der Waals surface area contributed by atoms with E-state index >= 15 is 0 Å². The predicted octanol–water partition coefficient (Wildman–Crippen LogP) is 2.88. The molecule has 0 aromatic rings. The number of rotatable bonds is 2. The van der Waals surface area contributed by atoms with Gasteiger partial charge >= 0.3 is 17.9 Å². The van der Waals surface area contributed by atoms with Crippen LogP contribution in [0.3, 0.4) is 0 Å². The normalized spacial score (nSPS) is 44.5. The molecule has 0 unspecified atom stereocenters. The number of aliphatic hydroxyl groups is 1. The van der Waals surface area contributed by atoms with E-state index in [0.29, 0.717) is 25.9 Å². The van der Waals surface area contributed by atoms with Crippen molar-refractivity contribution in [1.82, 2.24) is 0 Å². The average molecular weight is 573 g/mol. The standard InChI is InChI=1S/C31H40O10/c1-18-10-11-36-22(20(3)32)8-6-7-9-27(34)41-24-14-26-31(17-38-31)29(24,5)30(16-37-28(35)12-18)15-23(39-21(4)33)19(2)13-25(30)40-26/h6-9,12-13,20,22-26,32H,10-11,14-17H2,1-5H3/b8-6+,9-7-,18-12+/t20-,22-,23+,24-,25-,26-,29-,30-,31+/m1/s1. The van der Waals surface area contributed by atoms with Crippen molar-refractivity contribution in [2.24, 2.45) is 10.8 Å². The summed E-state index contributed by atoms with van der Waals surface area (Å²) in [6.45, 7) is 9.36. The van der Waals surface area contributed by atoms with Gasteiger partial charge in [-0.05, 0) is 32.8 Å².